The highest BCUT2D eigenvalue weighted by atomic mass is 35.5. The molecule has 1 unspecified atom stereocenters. The van der Waals surface area contributed by atoms with Crippen molar-refractivity contribution in [2.75, 3.05) is 6.54 Å². The van der Waals surface area contributed by atoms with E-state index in [0.717, 1.165) is 0 Å². The Hall–Kier alpha value is -2.64. The summed E-state index contributed by atoms with van der Waals surface area (Å²) < 4.78 is 5.17. The third-order valence-corrected chi connectivity index (χ3v) is 4.30. The largest absolute Gasteiger partial charge is 0.463 e. The van der Waals surface area contributed by atoms with Crippen molar-refractivity contribution in [3.63, 3.8) is 0 Å². The maximum absolute atomic E-state index is 12.4. The predicted octanol–water partition coefficient (Wildman–Crippen LogP) is 3.32. The Morgan fingerprint density at radius 2 is 1.86 bits per heavy atom. The molecule has 2 aromatic rings. The number of benzene rings is 1. The van der Waals surface area contributed by atoms with Gasteiger partial charge in [-0.1, -0.05) is 41.4 Å². The van der Waals surface area contributed by atoms with Gasteiger partial charge >= 0.3 is 5.97 Å². The number of nitrogens with one attached hydrogen (secondary N) is 2. The molecule has 2 N–H and O–H groups in total. The lowest BCUT2D eigenvalue weighted by Crippen LogP contribution is -2.39. The first-order chi connectivity index (χ1) is 13.8. The first-order valence-corrected chi connectivity index (χ1v) is 9.65. The van der Waals surface area contributed by atoms with Gasteiger partial charge in [0.25, 0.3) is 5.91 Å². The summed E-state index contributed by atoms with van der Waals surface area (Å²) in [5.74, 6) is -1.52. The lowest BCUT2D eigenvalue weighted by atomic mass is 10.0. The van der Waals surface area contributed by atoms with Gasteiger partial charge in [-0.2, -0.15) is 0 Å². The Bertz CT molecular complexity index is 890. The molecule has 1 aromatic carbocycles. The van der Waals surface area contributed by atoms with Gasteiger partial charge in [0, 0.05) is 16.2 Å². The van der Waals surface area contributed by atoms with E-state index in [-0.39, 0.29) is 24.8 Å². The zero-order chi connectivity index (χ0) is 21.4. The molecule has 2 rings (SSSR count). The molecule has 0 radical (unpaired) electrons. The Labute approximate surface area is 178 Å². The van der Waals surface area contributed by atoms with Gasteiger partial charge in [0.15, 0.2) is 0 Å². The minimum Gasteiger partial charge on any atom is -0.463 e. The Morgan fingerprint density at radius 3 is 2.52 bits per heavy atom. The number of hydrogen-bond donors (Lipinski definition) is 2. The molecule has 0 bridgehead atoms. The van der Waals surface area contributed by atoms with Crippen LogP contribution in [0.1, 0.15) is 42.4 Å². The maximum atomic E-state index is 12.4. The molecule has 0 spiro atoms. The van der Waals surface area contributed by atoms with Gasteiger partial charge in [-0.05, 0) is 37.6 Å². The summed E-state index contributed by atoms with van der Waals surface area (Å²) in [7, 11) is 0. The number of aromatic nitrogens is 1. The normalized spacial score (nSPS) is 11.6. The zero-order valence-corrected chi connectivity index (χ0v) is 17.5. The molecule has 1 heterocycles. The van der Waals surface area contributed by atoms with Crippen LogP contribution in [0.3, 0.4) is 0 Å². The molecule has 154 valence electrons. The lowest BCUT2D eigenvalue weighted by molar-refractivity contribution is -0.148. The summed E-state index contributed by atoms with van der Waals surface area (Å²) >= 11 is 12.1. The quantitative estimate of drug-likeness (QED) is 0.617. The van der Waals surface area contributed by atoms with Crippen LogP contribution in [0.5, 0.6) is 0 Å². The molecule has 0 saturated carbocycles. The molecular formula is C20H21Cl2N3O4. The van der Waals surface area contributed by atoms with Crippen LogP contribution in [0.2, 0.25) is 10.0 Å². The summed E-state index contributed by atoms with van der Waals surface area (Å²) in [6.07, 6.45) is 1.01. The highest BCUT2D eigenvalue weighted by molar-refractivity contribution is 6.31. The average Bonchev–Trinajstić information content (AvgIpc) is 2.65. The topological polar surface area (TPSA) is 97.4 Å². The molecule has 0 aliphatic heterocycles. The molecule has 2 amide bonds. The lowest BCUT2D eigenvalue weighted by Gasteiger charge is -2.20. The van der Waals surface area contributed by atoms with Crippen molar-refractivity contribution in [1.29, 1.82) is 0 Å². The minimum absolute atomic E-state index is 0.0912. The number of amides is 2. The molecule has 1 aromatic heterocycles. The molecular weight excluding hydrogens is 417 g/mol. The van der Waals surface area contributed by atoms with Gasteiger partial charge in [0.05, 0.1) is 25.1 Å². The van der Waals surface area contributed by atoms with E-state index in [1.165, 1.54) is 18.3 Å². The summed E-state index contributed by atoms with van der Waals surface area (Å²) in [4.78, 5) is 40.5. The number of halogens is 2. The van der Waals surface area contributed by atoms with Crippen LogP contribution in [0.25, 0.3) is 0 Å². The third-order valence-electron chi connectivity index (χ3n) is 3.72. The van der Waals surface area contributed by atoms with Crippen molar-refractivity contribution in [2.24, 2.45) is 0 Å². The van der Waals surface area contributed by atoms with Crippen LogP contribution < -0.4 is 10.6 Å². The third kappa shape index (κ3) is 7.36. The number of nitrogens with zero attached hydrogens (tertiary/aromatic N) is 1. The van der Waals surface area contributed by atoms with Gasteiger partial charge < -0.3 is 15.4 Å². The van der Waals surface area contributed by atoms with Crippen LogP contribution in [0, 0.1) is 0 Å². The van der Waals surface area contributed by atoms with Crippen molar-refractivity contribution in [3.8, 4) is 0 Å². The van der Waals surface area contributed by atoms with Crippen LogP contribution in [-0.2, 0) is 14.3 Å². The minimum atomic E-state index is -0.705. The number of pyridine rings is 1. The van der Waals surface area contributed by atoms with E-state index in [4.69, 9.17) is 27.9 Å². The summed E-state index contributed by atoms with van der Waals surface area (Å²) in [5.41, 5.74) is 0.666. The van der Waals surface area contributed by atoms with Gasteiger partial charge in [0.1, 0.15) is 5.69 Å². The maximum Gasteiger partial charge on any atom is 0.308 e. The fourth-order valence-corrected chi connectivity index (χ4v) is 2.93. The highest BCUT2D eigenvalue weighted by Gasteiger charge is 2.22. The average molecular weight is 438 g/mol. The smallest absolute Gasteiger partial charge is 0.308 e. The number of esters is 1. The molecule has 29 heavy (non-hydrogen) atoms. The van der Waals surface area contributed by atoms with Gasteiger partial charge in [-0.25, -0.2) is 0 Å². The molecule has 0 fully saturated rings. The first-order valence-electron chi connectivity index (χ1n) is 8.89. The van der Waals surface area contributed by atoms with Crippen LogP contribution in [0.4, 0.5) is 0 Å². The fraction of sp³-hybridized carbons (Fsp3) is 0.300. The SMILES string of the molecule is CC(C)OC(=O)CC(NC(=O)CNC(=O)c1cc(Cl)ccn1)c1ccccc1Cl. The van der Waals surface area contributed by atoms with Crippen LogP contribution >= 0.6 is 23.2 Å². The number of hydrogen-bond acceptors (Lipinski definition) is 5. The number of carbonyl (C=O) groups is 3. The number of rotatable bonds is 8. The van der Waals surface area contributed by atoms with Gasteiger partial charge in [-0.3, -0.25) is 19.4 Å². The second-order valence-electron chi connectivity index (χ2n) is 6.43. The fourth-order valence-electron chi connectivity index (χ4n) is 2.50. The number of carbonyl (C=O) groups excluding carboxylic acids is 3. The second kappa shape index (κ2) is 10.8. The molecule has 1 atom stereocenters. The summed E-state index contributed by atoms with van der Waals surface area (Å²) in [6.45, 7) is 3.16. The summed E-state index contributed by atoms with van der Waals surface area (Å²) in [5, 5.41) is 5.94. The molecule has 0 saturated heterocycles. The Kier molecular flexibility index (Phi) is 8.42. The van der Waals surface area contributed by atoms with Crippen LogP contribution in [0.15, 0.2) is 42.6 Å². The van der Waals surface area contributed by atoms with E-state index >= 15 is 0 Å². The monoisotopic (exact) mass is 437 g/mol. The van der Waals surface area contributed by atoms with E-state index in [2.05, 4.69) is 15.6 Å². The predicted molar refractivity (Wildman–Crippen MR) is 110 cm³/mol. The highest BCUT2D eigenvalue weighted by Crippen LogP contribution is 2.25. The Balaban J connectivity index is 2.03. The van der Waals surface area contributed by atoms with Crippen molar-refractivity contribution in [3.05, 3.63) is 63.9 Å². The van der Waals surface area contributed by atoms with E-state index in [9.17, 15) is 14.4 Å². The van der Waals surface area contributed by atoms with Crippen molar-refractivity contribution >= 4 is 41.0 Å². The van der Waals surface area contributed by atoms with E-state index in [0.29, 0.717) is 15.6 Å². The summed E-state index contributed by atoms with van der Waals surface area (Å²) in [6, 6.07) is 9.10. The van der Waals surface area contributed by atoms with Crippen LogP contribution in [-0.4, -0.2) is 35.4 Å². The van der Waals surface area contributed by atoms with Gasteiger partial charge in [-0.15, -0.1) is 0 Å². The molecule has 7 nitrogen and oxygen atoms in total. The molecule has 9 heteroatoms. The van der Waals surface area contributed by atoms with E-state index in [1.807, 2.05) is 0 Å². The first kappa shape index (κ1) is 22.6. The van der Waals surface area contributed by atoms with Crippen molar-refractivity contribution < 1.29 is 19.1 Å². The van der Waals surface area contributed by atoms with Crippen molar-refractivity contribution in [2.45, 2.75) is 32.4 Å². The molecule has 0 aliphatic rings. The van der Waals surface area contributed by atoms with E-state index in [1.54, 1.807) is 38.1 Å². The Morgan fingerprint density at radius 1 is 1.14 bits per heavy atom. The van der Waals surface area contributed by atoms with Crippen molar-refractivity contribution in [1.82, 2.24) is 15.6 Å². The standard InChI is InChI=1S/C20H21Cl2N3O4/c1-12(2)29-19(27)10-16(14-5-3-4-6-15(14)22)25-18(26)11-24-20(28)17-9-13(21)7-8-23-17/h3-9,12,16H,10-11H2,1-2H3,(H,24,28)(H,25,26). The van der Waals surface area contributed by atoms with Gasteiger partial charge in [0.2, 0.25) is 5.91 Å². The second-order valence-corrected chi connectivity index (χ2v) is 7.27. The molecule has 0 aliphatic carbocycles. The number of ether oxygens (including phenoxy) is 1. The zero-order valence-electron chi connectivity index (χ0n) is 15.9. The van der Waals surface area contributed by atoms with E-state index < -0.39 is 23.8 Å².